The molecule has 32 heavy (non-hydrogen) atoms. The van der Waals surface area contributed by atoms with Gasteiger partial charge in [0, 0.05) is 57.9 Å². The number of aliphatic hydroxyl groups is 1. The van der Waals surface area contributed by atoms with Gasteiger partial charge in [0.1, 0.15) is 0 Å². The number of β-amino-alcohol motifs (C(OH)–C–C–N with tert-alkyl or cyclic N) is 1. The van der Waals surface area contributed by atoms with E-state index >= 15 is 0 Å². The molecule has 3 aliphatic carbocycles. The van der Waals surface area contributed by atoms with Crippen molar-refractivity contribution in [3.63, 3.8) is 0 Å². The molecule has 2 saturated heterocycles. The third-order valence-electron chi connectivity index (χ3n) is 9.09. The maximum Gasteiger partial charge on any atom is 0.222 e. The summed E-state index contributed by atoms with van der Waals surface area (Å²) in [5.74, 6) is 1.53. The molecule has 0 aromatic heterocycles. The van der Waals surface area contributed by atoms with Crippen LogP contribution in [-0.4, -0.2) is 71.7 Å². The summed E-state index contributed by atoms with van der Waals surface area (Å²) in [6.07, 6.45) is 12.1. The highest BCUT2D eigenvalue weighted by Gasteiger charge is 2.56. The third-order valence-corrected chi connectivity index (χ3v) is 9.09. The SMILES string of the molecule is C[C@@]1(C2CC3CCCC(C3)C2)OOC2(CCC(CC(=O)N3CCN(CCO)CC3)CC2)O1. The van der Waals surface area contributed by atoms with Gasteiger partial charge in [-0.2, -0.15) is 9.78 Å². The van der Waals surface area contributed by atoms with E-state index in [-0.39, 0.29) is 12.5 Å². The number of hydrogen-bond donors (Lipinski definition) is 1. The van der Waals surface area contributed by atoms with Crippen molar-refractivity contribution < 1.29 is 24.4 Å². The molecule has 3 atom stereocenters. The van der Waals surface area contributed by atoms with Crippen molar-refractivity contribution >= 4 is 5.91 Å². The van der Waals surface area contributed by atoms with E-state index in [1.54, 1.807) is 0 Å². The van der Waals surface area contributed by atoms with Crippen LogP contribution < -0.4 is 0 Å². The van der Waals surface area contributed by atoms with E-state index in [9.17, 15) is 4.79 Å². The van der Waals surface area contributed by atoms with Crippen LogP contribution in [-0.2, 0) is 19.3 Å². The van der Waals surface area contributed by atoms with E-state index in [1.165, 1.54) is 38.5 Å². The zero-order valence-electron chi connectivity index (χ0n) is 19.8. The minimum atomic E-state index is -0.620. The van der Waals surface area contributed by atoms with E-state index in [4.69, 9.17) is 19.6 Å². The lowest BCUT2D eigenvalue weighted by Gasteiger charge is -2.44. The molecule has 7 heteroatoms. The highest BCUT2D eigenvalue weighted by Crippen LogP contribution is 2.53. The van der Waals surface area contributed by atoms with Crippen molar-refractivity contribution in [1.82, 2.24) is 9.80 Å². The molecule has 1 N–H and O–H groups in total. The lowest BCUT2D eigenvalue weighted by molar-refractivity contribution is -0.362. The number of nitrogens with zero attached hydrogens (tertiary/aromatic N) is 2. The van der Waals surface area contributed by atoms with Gasteiger partial charge in [-0.15, -0.1) is 0 Å². The van der Waals surface area contributed by atoms with Crippen LogP contribution in [0.1, 0.15) is 77.6 Å². The molecular weight excluding hydrogens is 408 g/mol. The monoisotopic (exact) mass is 450 g/mol. The first-order valence-corrected chi connectivity index (χ1v) is 13.1. The molecule has 5 aliphatic rings. The Balaban J connectivity index is 1.09. The quantitative estimate of drug-likeness (QED) is 0.648. The molecule has 3 saturated carbocycles. The number of aliphatic hydroxyl groups excluding tert-OH is 1. The Labute approximate surface area is 192 Å². The van der Waals surface area contributed by atoms with Crippen LogP contribution in [0.2, 0.25) is 0 Å². The zero-order valence-corrected chi connectivity index (χ0v) is 19.8. The van der Waals surface area contributed by atoms with Gasteiger partial charge in [0.25, 0.3) is 0 Å². The summed E-state index contributed by atoms with van der Waals surface area (Å²) < 4.78 is 6.62. The second-order valence-corrected chi connectivity index (χ2v) is 11.4. The Bertz CT molecular complexity index is 647. The van der Waals surface area contributed by atoms with E-state index in [2.05, 4.69) is 11.8 Å². The van der Waals surface area contributed by atoms with Crippen molar-refractivity contribution in [2.24, 2.45) is 23.7 Å². The Morgan fingerprint density at radius 3 is 2.31 bits per heavy atom. The molecule has 0 radical (unpaired) electrons. The molecule has 2 heterocycles. The molecule has 0 aromatic rings. The fraction of sp³-hybridized carbons (Fsp3) is 0.960. The summed E-state index contributed by atoms with van der Waals surface area (Å²) >= 11 is 0. The molecule has 2 bridgehead atoms. The predicted molar refractivity (Wildman–Crippen MR) is 119 cm³/mol. The predicted octanol–water partition coefficient (Wildman–Crippen LogP) is 3.31. The molecule has 1 amide bonds. The Hall–Kier alpha value is -0.730. The number of fused-ring (bicyclic) bond motifs is 2. The molecule has 2 unspecified atom stereocenters. The first-order chi connectivity index (χ1) is 15.5. The Kier molecular flexibility index (Phi) is 6.83. The summed E-state index contributed by atoms with van der Waals surface area (Å²) in [6.45, 7) is 6.26. The maximum absolute atomic E-state index is 12.8. The number of rotatable bonds is 5. The average molecular weight is 451 g/mol. The van der Waals surface area contributed by atoms with Gasteiger partial charge in [0.2, 0.25) is 17.5 Å². The van der Waals surface area contributed by atoms with Crippen molar-refractivity contribution in [2.75, 3.05) is 39.3 Å². The molecule has 5 fully saturated rings. The van der Waals surface area contributed by atoms with E-state index < -0.39 is 11.6 Å². The topological polar surface area (TPSA) is 71.5 Å². The summed E-state index contributed by atoms with van der Waals surface area (Å²) in [6, 6.07) is 0. The summed E-state index contributed by atoms with van der Waals surface area (Å²) in [4.78, 5) is 28.9. The van der Waals surface area contributed by atoms with Gasteiger partial charge < -0.3 is 14.7 Å². The minimum Gasteiger partial charge on any atom is -0.395 e. The van der Waals surface area contributed by atoms with Crippen LogP contribution in [0.15, 0.2) is 0 Å². The van der Waals surface area contributed by atoms with Gasteiger partial charge in [-0.25, -0.2) is 0 Å². The van der Waals surface area contributed by atoms with E-state index in [0.717, 1.165) is 63.7 Å². The van der Waals surface area contributed by atoms with Crippen LogP contribution in [0.5, 0.6) is 0 Å². The van der Waals surface area contributed by atoms with Gasteiger partial charge in [-0.3, -0.25) is 9.69 Å². The molecule has 0 aromatic carbocycles. The standard InChI is InChI=1S/C25H42N2O5/c1-24(22-16-20-3-2-4-21(15-20)17-22)30-25(32-31-24)7-5-19(6-8-25)18-23(29)27-11-9-26(10-12-27)13-14-28/h19-22,28H,2-18H2,1H3/t19?,20?,21?,22?,24-,25?/m0/s1. The Morgan fingerprint density at radius 1 is 0.969 bits per heavy atom. The van der Waals surface area contributed by atoms with Crippen LogP contribution >= 0.6 is 0 Å². The van der Waals surface area contributed by atoms with Crippen LogP contribution in [0.4, 0.5) is 0 Å². The second kappa shape index (κ2) is 9.49. The van der Waals surface area contributed by atoms with Crippen molar-refractivity contribution in [1.29, 1.82) is 0 Å². The van der Waals surface area contributed by atoms with Crippen LogP contribution in [0.3, 0.4) is 0 Å². The van der Waals surface area contributed by atoms with Crippen molar-refractivity contribution in [3.8, 4) is 0 Å². The fourth-order valence-electron chi connectivity index (χ4n) is 7.12. The van der Waals surface area contributed by atoms with E-state index in [1.807, 2.05) is 4.90 Å². The number of carbonyl (C=O) groups is 1. The van der Waals surface area contributed by atoms with E-state index in [0.29, 0.717) is 24.8 Å². The summed E-state index contributed by atoms with van der Waals surface area (Å²) in [7, 11) is 0. The number of hydrogen-bond acceptors (Lipinski definition) is 6. The van der Waals surface area contributed by atoms with Gasteiger partial charge in [-0.1, -0.05) is 19.3 Å². The van der Waals surface area contributed by atoms with Gasteiger partial charge >= 0.3 is 0 Å². The molecule has 7 nitrogen and oxygen atoms in total. The third kappa shape index (κ3) is 4.88. The summed E-state index contributed by atoms with van der Waals surface area (Å²) in [5.41, 5.74) is 0. The maximum atomic E-state index is 12.8. The number of ether oxygens (including phenoxy) is 1. The van der Waals surface area contributed by atoms with Gasteiger partial charge in [-0.05, 0) is 56.8 Å². The first-order valence-electron chi connectivity index (χ1n) is 13.1. The molecule has 5 rings (SSSR count). The molecule has 1 spiro atoms. The minimum absolute atomic E-state index is 0.187. The lowest BCUT2D eigenvalue weighted by Crippen LogP contribution is -2.49. The highest BCUT2D eigenvalue weighted by atomic mass is 17.3. The Morgan fingerprint density at radius 2 is 1.66 bits per heavy atom. The molecule has 2 aliphatic heterocycles. The zero-order chi connectivity index (χ0) is 22.2. The second-order valence-electron chi connectivity index (χ2n) is 11.4. The smallest absolute Gasteiger partial charge is 0.222 e. The largest absolute Gasteiger partial charge is 0.395 e. The normalized spacial score (nSPS) is 43.0. The average Bonchev–Trinajstić information content (AvgIpc) is 3.13. The van der Waals surface area contributed by atoms with Gasteiger partial charge in [0.15, 0.2) is 0 Å². The lowest BCUT2D eigenvalue weighted by atomic mass is 9.66. The van der Waals surface area contributed by atoms with Crippen molar-refractivity contribution in [2.45, 2.75) is 89.1 Å². The number of piperazine rings is 1. The summed E-state index contributed by atoms with van der Waals surface area (Å²) in [5, 5.41) is 9.09. The highest BCUT2D eigenvalue weighted by molar-refractivity contribution is 5.76. The fourth-order valence-corrected chi connectivity index (χ4v) is 7.12. The van der Waals surface area contributed by atoms with Crippen molar-refractivity contribution in [3.05, 3.63) is 0 Å². The van der Waals surface area contributed by atoms with Crippen LogP contribution in [0.25, 0.3) is 0 Å². The molecule has 182 valence electrons. The molecular formula is C25H42N2O5. The first kappa shape index (κ1) is 23.0. The van der Waals surface area contributed by atoms with Crippen LogP contribution in [0, 0.1) is 23.7 Å². The number of carbonyl (C=O) groups excluding carboxylic acids is 1. The van der Waals surface area contributed by atoms with Gasteiger partial charge in [0.05, 0.1) is 6.61 Å². The number of amides is 1.